The van der Waals surface area contributed by atoms with Gasteiger partial charge in [-0.3, -0.25) is 4.79 Å². The first kappa shape index (κ1) is 14.1. The fourth-order valence-corrected chi connectivity index (χ4v) is 1.74. The summed E-state index contributed by atoms with van der Waals surface area (Å²) < 4.78 is 13.4. The molecule has 0 heterocycles. The summed E-state index contributed by atoms with van der Waals surface area (Å²) in [4.78, 5) is 11.9. The molecule has 0 aliphatic rings. The average Bonchev–Trinajstić information content (AvgIpc) is 2.20. The van der Waals surface area contributed by atoms with Crippen molar-refractivity contribution >= 4 is 17.4 Å². The van der Waals surface area contributed by atoms with Crippen LogP contribution in [-0.2, 0) is 4.79 Å². The Hall–Kier alpha value is -0.930. The van der Waals surface area contributed by atoms with Crippen LogP contribution in [-0.4, -0.2) is 10.9 Å². The SMILES string of the molecule is Cc1cc(Cl)c(C(O)C(=O)C(C)(C)C)cc1F. The van der Waals surface area contributed by atoms with Crippen LogP contribution in [0.1, 0.15) is 38.0 Å². The molecule has 0 aromatic heterocycles. The fourth-order valence-electron chi connectivity index (χ4n) is 1.42. The summed E-state index contributed by atoms with van der Waals surface area (Å²) >= 11 is 5.91. The van der Waals surface area contributed by atoms with E-state index in [-0.39, 0.29) is 16.4 Å². The second-order valence-electron chi connectivity index (χ2n) is 5.14. The molecule has 0 radical (unpaired) electrons. The Balaban J connectivity index is 3.17. The van der Waals surface area contributed by atoms with E-state index in [0.717, 1.165) is 6.07 Å². The van der Waals surface area contributed by atoms with Gasteiger partial charge in [-0.25, -0.2) is 4.39 Å². The van der Waals surface area contributed by atoms with Gasteiger partial charge < -0.3 is 5.11 Å². The van der Waals surface area contributed by atoms with Crippen LogP contribution in [0.3, 0.4) is 0 Å². The molecule has 0 saturated heterocycles. The van der Waals surface area contributed by atoms with E-state index in [2.05, 4.69) is 0 Å². The van der Waals surface area contributed by atoms with Crippen LogP contribution in [0.5, 0.6) is 0 Å². The first-order chi connectivity index (χ1) is 7.64. The van der Waals surface area contributed by atoms with Crippen molar-refractivity contribution in [2.75, 3.05) is 0 Å². The molecular weight excluding hydrogens is 243 g/mol. The van der Waals surface area contributed by atoms with E-state index < -0.39 is 17.3 Å². The number of benzene rings is 1. The second-order valence-corrected chi connectivity index (χ2v) is 5.55. The molecule has 0 spiro atoms. The molecule has 94 valence electrons. The van der Waals surface area contributed by atoms with E-state index in [0.29, 0.717) is 5.56 Å². The second kappa shape index (κ2) is 4.75. The van der Waals surface area contributed by atoms with Crippen LogP contribution in [0, 0.1) is 18.2 Å². The van der Waals surface area contributed by atoms with E-state index in [1.807, 2.05) is 0 Å². The zero-order valence-electron chi connectivity index (χ0n) is 10.3. The predicted octanol–water partition coefficient (Wildman–Crippen LogP) is 3.44. The predicted molar refractivity (Wildman–Crippen MR) is 65.6 cm³/mol. The molecule has 0 aliphatic heterocycles. The molecule has 0 saturated carbocycles. The Kier molecular flexibility index (Phi) is 3.95. The maximum atomic E-state index is 13.4. The minimum absolute atomic E-state index is 0.120. The minimum atomic E-state index is -1.39. The lowest BCUT2D eigenvalue weighted by Crippen LogP contribution is -2.27. The third-order valence-electron chi connectivity index (χ3n) is 2.56. The topological polar surface area (TPSA) is 37.3 Å². The highest BCUT2D eigenvalue weighted by atomic mass is 35.5. The number of carbonyl (C=O) groups is 1. The van der Waals surface area contributed by atoms with Crippen molar-refractivity contribution in [1.82, 2.24) is 0 Å². The monoisotopic (exact) mass is 258 g/mol. The molecule has 1 rings (SSSR count). The van der Waals surface area contributed by atoms with Crippen molar-refractivity contribution in [3.63, 3.8) is 0 Å². The molecule has 1 N–H and O–H groups in total. The number of Topliss-reactive ketones (excluding diaryl/α,β-unsaturated/α-hetero) is 1. The van der Waals surface area contributed by atoms with E-state index in [9.17, 15) is 14.3 Å². The summed E-state index contributed by atoms with van der Waals surface area (Å²) in [5.74, 6) is -0.868. The van der Waals surface area contributed by atoms with Gasteiger partial charge >= 0.3 is 0 Å². The maximum absolute atomic E-state index is 13.4. The highest BCUT2D eigenvalue weighted by molar-refractivity contribution is 6.31. The summed E-state index contributed by atoms with van der Waals surface area (Å²) in [6.07, 6.45) is -1.39. The standard InChI is InChI=1S/C13H16ClFO2/c1-7-5-9(14)8(6-10(7)15)11(16)12(17)13(2,3)4/h5-6,11,16H,1-4H3. The molecule has 1 unspecified atom stereocenters. The fraction of sp³-hybridized carbons (Fsp3) is 0.462. The molecule has 0 fully saturated rings. The van der Waals surface area contributed by atoms with Gasteiger partial charge in [0.15, 0.2) is 5.78 Å². The number of hydrogen-bond acceptors (Lipinski definition) is 2. The number of hydrogen-bond donors (Lipinski definition) is 1. The maximum Gasteiger partial charge on any atom is 0.171 e. The minimum Gasteiger partial charge on any atom is -0.380 e. The number of rotatable bonds is 2. The molecule has 4 heteroatoms. The molecule has 2 nitrogen and oxygen atoms in total. The van der Waals surface area contributed by atoms with Crippen LogP contribution >= 0.6 is 11.6 Å². The van der Waals surface area contributed by atoms with Gasteiger partial charge in [-0.15, -0.1) is 0 Å². The molecular formula is C13H16ClFO2. The molecule has 0 aliphatic carbocycles. The number of aliphatic hydroxyl groups is 1. The smallest absolute Gasteiger partial charge is 0.171 e. The van der Waals surface area contributed by atoms with Crippen molar-refractivity contribution in [3.8, 4) is 0 Å². The average molecular weight is 259 g/mol. The van der Waals surface area contributed by atoms with Gasteiger partial charge in [0.2, 0.25) is 0 Å². The summed E-state index contributed by atoms with van der Waals surface area (Å²) in [7, 11) is 0. The van der Waals surface area contributed by atoms with Gasteiger partial charge in [-0.2, -0.15) is 0 Å². The van der Waals surface area contributed by atoms with E-state index in [1.54, 1.807) is 27.7 Å². The van der Waals surface area contributed by atoms with Gasteiger partial charge in [0.1, 0.15) is 11.9 Å². The summed E-state index contributed by atoms with van der Waals surface area (Å²) in [6.45, 7) is 6.65. The van der Waals surface area contributed by atoms with E-state index in [4.69, 9.17) is 11.6 Å². The lowest BCUT2D eigenvalue weighted by molar-refractivity contribution is -0.135. The molecule has 1 atom stereocenters. The van der Waals surface area contributed by atoms with Crippen molar-refractivity contribution in [1.29, 1.82) is 0 Å². The van der Waals surface area contributed by atoms with Crippen LogP contribution < -0.4 is 0 Å². The highest BCUT2D eigenvalue weighted by Gasteiger charge is 2.30. The zero-order chi connectivity index (χ0) is 13.4. The van der Waals surface area contributed by atoms with Crippen molar-refractivity contribution < 1.29 is 14.3 Å². The van der Waals surface area contributed by atoms with E-state index in [1.165, 1.54) is 6.07 Å². The molecule has 17 heavy (non-hydrogen) atoms. The summed E-state index contributed by atoms with van der Waals surface area (Å²) in [5, 5.41) is 10.1. The first-order valence-electron chi connectivity index (χ1n) is 5.32. The molecule has 0 amide bonds. The first-order valence-corrected chi connectivity index (χ1v) is 5.70. The van der Waals surface area contributed by atoms with E-state index >= 15 is 0 Å². The van der Waals surface area contributed by atoms with Gasteiger partial charge in [-0.1, -0.05) is 32.4 Å². The number of ketones is 1. The Morgan fingerprint density at radius 1 is 1.41 bits per heavy atom. The number of aliphatic hydroxyl groups excluding tert-OH is 1. The van der Waals surface area contributed by atoms with Gasteiger partial charge in [-0.05, 0) is 24.6 Å². The largest absolute Gasteiger partial charge is 0.380 e. The lowest BCUT2D eigenvalue weighted by Gasteiger charge is -2.22. The Bertz CT molecular complexity index is 449. The van der Waals surface area contributed by atoms with Crippen molar-refractivity contribution in [3.05, 3.63) is 34.1 Å². The summed E-state index contributed by atoms with van der Waals surface area (Å²) in [6, 6.07) is 2.53. The van der Waals surface area contributed by atoms with Crippen molar-refractivity contribution in [2.45, 2.75) is 33.8 Å². The Morgan fingerprint density at radius 3 is 2.41 bits per heavy atom. The normalized spacial score (nSPS) is 13.6. The number of aryl methyl sites for hydroxylation is 1. The van der Waals surface area contributed by atoms with Crippen LogP contribution in [0.4, 0.5) is 4.39 Å². The molecule has 1 aromatic rings. The zero-order valence-corrected chi connectivity index (χ0v) is 11.1. The number of carbonyl (C=O) groups excluding carboxylic acids is 1. The Labute approximate surface area is 105 Å². The van der Waals surface area contributed by atoms with Crippen molar-refractivity contribution in [2.24, 2.45) is 5.41 Å². The van der Waals surface area contributed by atoms with Gasteiger partial charge in [0, 0.05) is 16.0 Å². The lowest BCUT2D eigenvalue weighted by atomic mass is 9.85. The van der Waals surface area contributed by atoms with Crippen LogP contribution in [0.2, 0.25) is 5.02 Å². The quantitative estimate of drug-likeness (QED) is 0.882. The Morgan fingerprint density at radius 2 is 1.94 bits per heavy atom. The summed E-state index contributed by atoms with van der Waals surface area (Å²) in [5.41, 5.74) is -0.201. The van der Waals surface area contributed by atoms with Gasteiger partial charge in [0.25, 0.3) is 0 Å². The molecule has 0 bridgehead atoms. The van der Waals surface area contributed by atoms with Crippen LogP contribution in [0.15, 0.2) is 12.1 Å². The molecule has 1 aromatic carbocycles. The highest BCUT2D eigenvalue weighted by Crippen LogP contribution is 2.31. The third-order valence-corrected chi connectivity index (χ3v) is 2.89. The van der Waals surface area contributed by atoms with Crippen LogP contribution in [0.25, 0.3) is 0 Å². The van der Waals surface area contributed by atoms with Gasteiger partial charge in [0.05, 0.1) is 0 Å². The number of halogens is 2. The third kappa shape index (κ3) is 3.05.